The fourth-order valence-electron chi connectivity index (χ4n) is 1.90. The average molecular weight is 284 g/mol. The first kappa shape index (κ1) is 14.7. The van der Waals surface area contributed by atoms with Crippen LogP contribution in [0.2, 0.25) is 0 Å². The Balaban J connectivity index is 2.49. The lowest BCUT2D eigenvalue weighted by Gasteiger charge is -2.12. The van der Waals surface area contributed by atoms with E-state index in [0.29, 0.717) is 23.8 Å². The molecule has 1 aromatic carbocycles. The highest BCUT2D eigenvalue weighted by Crippen LogP contribution is 2.32. The number of aromatic nitrogens is 1. The van der Waals surface area contributed by atoms with E-state index in [1.165, 1.54) is 6.07 Å². The number of nitrogens with zero attached hydrogens (tertiary/aromatic N) is 1. The van der Waals surface area contributed by atoms with E-state index in [1.54, 1.807) is 25.3 Å². The molecule has 0 amide bonds. The largest absolute Gasteiger partial charge is 0.497 e. The third kappa shape index (κ3) is 3.23. The predicted octanol–water partition coefficient (Wildman–Crippen LogP) is 2.71. The summed E-state index contributed by atoms with van der Waals surface area (Å²) in [4.78, 5) is 14.4. The van der Waals surface area contributed by atoms with Crippen molar-refractivity contribution < 1.29 is 9.47 Å². The number of hydrogen-bond acceptors (Lipinski definition) is 4. The minimum Gasteiger partial charge on any atom is -0.497 e. The Morgan fingerprint density at radius 1 is 1.29 bits per heavy atom. The molecule has 1 heterocycles. The van der Waals surface area contributed by atoms with E-state index < -0.39 is 5.56 Å². The fourth-order valence-corrected chi connectivity index (χ4v) is 1.90. The van der Waals surface area contributed by atoms with Gasteiger partial charge in [0.1, 0.15) is 23.1 Å². The van der Waals surface area contributed by atoms with Gasteiger partial charge in [0.15, 0.2) is 0 Å². The molecule has 21 heavy (non-hydrogen) atoms. The van der Waals surface area contributed by atoms with E-state index in [4.69, 9.17) is 14.7 Å². The molecule has 5 heteroatoms. The highest BCUT2D eigenvalue weighted by molar-refractivity contribution is 5.68. The zero-order chi connectivity index (χ0) is 15.2. The van der Waals surface area contributed by atoms with Crippen molar-refractivity contribution in [2.75, 3.05) is 13.7 Å². The predicted molar refractivity (Wildman–Crippen MR) is 79.6 cm³/mol. The smallest absolute Gasteiger partial charge is 0.266 e. The fraction of sp³-hybridized carbons (Fsp3) is 0.250. The maximum atomic E-state index is 11.7. The van der Waals surface area contributed by atoms with E-state index >= 15 is 0 Å². The van der Waals surface area contributed by atoms with Crippen molar-refractivity contribution in [1.29, 1.82) is 5.26 Å². The zero-order valence-corrected chi connectivity index (χ0v) is 12.0. The molecule has 0 radical (unpaired) electrons. The van der Waals surface area contributed by atoms with Gasteiger partial charge in [0.2, 0.25) is 0 Å². The van der Waals surface area contributed by atoms with Gasteiger partial charge in [-0.3, -0.25) is 4.79 Å². The Hall–Kier alpha value is -2.74. The topological polar surface area (TPSA) is 75.1 Å². The Morgan fingerprint density at radius 3 is 2.71 bits per heavy atom. The van der Waals surface area contributed by atoms with Crippen molar-refractivity contribution >= 4 is 0 Å². The molecule has 0 aliphatic carbocycles. The SMILES string of the molecule is CCCOc1cc(OC)ccc1-c1ccc(C#N)c(=O)[nH]1. The lowest BCUT2D eigenvalue weighted by molar-refractivity contribution is 0.316. The molecule has 1 N–H and O–H groups in total. The van der Waals surface area contributed by atoms with Crippen LogP contribution in [-0.2, 0) is 0 Å². The average Bonchev–Trinajstić information content (AvgIpc) is 2.52. The lowest BCUT2D eigenvalue weighted by atomic mass is 10.1. The van der Waals surface area contributed by atoms with E-state index in [0.717, 1.165) is 12.0 Å². The number of benzene rings is 1. The lowest BCUT2D eigenvalue weighted by Crippen LogP contribution is -2.10. The van der Waals surface area contributed by atoms with Crippen LogP contribution < -0.4 is 15.0 Å². The van der Waals surface area contributed by atoms with Crippen molar-refractivity contribution in [3.05, 3.63) is 46.2 Å². The maximum absolute atomic E-state index is 11.7. The van der Waals surface area contributed by atoms with Gasteiger partial charge in [-0.15, -0.1) is 0 Å². The monoisotopic (exact) mass is 284 g/mol. The Labute approximate surface area is 122 Å². The van der Waals surface area contributed by atoms with Crippen LogP contribution in [0.25, 0.3) is 11.3 Å². The minimum absolute atomic E-state index is 0.0864. The summed E-state index contributed by atoms with van der Waals surface area (Å²) >= 11 is 0. The van der Waals surface area contributed by atoms with Crippen LogP contribution in [-0.4, -0.2) is 18.7 Å². The molecule has 0 atom stereocenters. The molecule has 0 bridgehead atoms. The third-order valence-electron chi connectivity index (χ3n) is 2.97. The normalized spacial score (nSPS) is 9.95. The number of rotatable bonds is 5. The summed E-state index contributed by atoms with van der Waals surface area (Å²) in [6.45, 7) is 2.59. The number of nitrogens with one attached hydrogen (secondary N) is 1. The molecule has 0 saturated heterocycles. The van der Waals surface area contributed by atoms with E-state index in [2.05, 4.69) is 4.98 Å². The van der Waals surface area contributed by atoms with Gasteiger partial charge >= 0.3 is 0 Å². The summed E-state index contributed by atoms with van der Waals surface area (Å²) in [5, 5.41) is 8.81. The molecule has 2 aromatic rings. The van der Waals surface area contributed by atoms with Gasteiger partial charge in [-0.05, 0) is 30.7 Å². The minimum atomic E-state index is -0.410. The van der Waals surface area contributed by atoms with Gasteiger partial charge in [-0.1, -0.05) is 6.92 Å². The summed E-state index contributed by atoms with van der Waals surface area (Å²) in [5.74, 6) is 1.32. The summed E-state index contributed by atoms with van der Waals surface area (Å²) in [5.41, 5.74) is 1.04. The highest BCUT2D eigenvalue weighted by Gasteiger charge is 2.10. The zero-order valence-electron chi connectivity index (χ0n) is 12.0. The van der Waals surface area contributed by atoms with E-state index in [9.17, 15) is 4.79 Å². The number of hydrogen-bond donors (Lipinski definition) is 1. The number of H-pyrrole nitrogens is 1. The Morgan fingerprint density at radius 2 is 2.10 bits per heavy atom. The number of aromatic amines is 1. The summed E-state index contributed by atoms with van der Waals surface area (Å²) in [6, 6.07) is 10.4. The second-order valence-corrected chi connectivity index (χ2v) is 4.44. The van der Waals surface area contributed by atoms with Crippen LogP contribution >= 0.6 is 0 Å². The molecular formula is C16H16N2O3. The third-order valence-corrected chi connectivity index (χ3v) is 2.97. The molecule has 2 rings (SSSR count). The van der Waals surface area contributed by atoms with Gasteiger partial charge in [0.05, 0.1) is 19.4 Å². The van der Waals surface area contributed by atoms with Crippen LogP contribution in [0.5, 0.6) is 11.5 Å². The van der Waals surface area contributed by atoms with Gasteiger partial charge < -0.3 is 14.5 Å². The molecule has 5 nitrogen and oxygen atoms in total. The van der Waals surface area contributed by atoms with Crippen molar-refractivity contribution in [3.63, 3.8) is 0 Å². The van der Waals surface area contributed by atoms with E-state index in [1.807, 2.05) is 19.1 Å². The van der Waals surface area contributed by atoms with Crippen molar-refractivity contribution in [3.8, 4) is 28.8 Å². The molecule has 0 aliphatic heterocycles. The van der Waals surface area contributed by atoms with Gasteiger partial charge in [0.25, 0.3) is 5.56 Å². The molecular weight excluding hydrogens is 268 g/mol. The molecule has 0 fully saturated rings. The molecule has 1 aromatic heterocycles. The van der Waals surface area contributed by atoms with Gasteiger partial charge in [-0.25, -0.2) is 0 Å². The number of nitriles is 1. The van der Waals surface area contributed by atoms with Crippen LogP contribution in [0, 0.1) is 11.3 Å². The van der Waals surface area contributed by atoms with Crippen molar-refractivity contribution in [2.24, 2.45) is 0 Å². The maximum Gasteiger partial charge on any atom is 0.266 e. The number of ether oxygens (including phenoxy) is 2. The van der Waals surface area contributed by atoms with Crippen molar-refractivity contribution in [1.82, 2.24) is 4.98 Å². The van der Waals surface area contributed by atoms with Gasteiger partial charge in [-0.2, -0.15) is 5.26 Å². The molecule has 108 valence electrons. The molecule has 0 unspecified atom stereocenters. The Bertz CT molecular complexity index is 729. The van der Waals surface area contributed by atoms with Crippen LogP contribution in [0.1, 0.15) is 18.9 Å². The second kappa shape index (κ2) is 6.62. The molecule has 0 saturated carbocycles. The quantitative estimate of drug-likeness (QED) is 0.916. The molecule has 0 spiro atoms. The standard InChI is InChI=1S/C16H16N2O3/c1-3-8-21-15-9-12(20-2)5-6-13(15)14-7-4-11(10-17)16(19)18-14/h4-7,9H,3,8H2,1-2H3,(H,18,19). The van der Waals surface area contributed by atoms with E-state index in [-0.39, 0.29) is 5.56 Å². The summed E-state index contributed by atoms with van der Waals surface area (Å²) in [7, 11) is 1.59. The van der Waals surface area contributed by atoms with Gasteiger partial charge in [0, 0.05) is 11.6 Å². The van der Waals surface area contributed by atoms with Crippen molar-refractivity contribution in [2.45, 2.75) is 13.3 Å². The number of pyridine rings is 1. The second-order valence-electron chi connectivity index (χ2n) is 4.44. The highest BCUT2D eigenvalue weighted by atomic mass is 16.5. The first-order chi connectivity index (χ1) is 10.2. The Kier molecular flexibility index (Phi) is 4.62. The van der Waals surface area contributed by atoms with Crippen LogP contribution in [0.3, 0.4) is 0 Å². The molecule has 0 aliphatic rings. The first-order valence-electron chi connectivity index (χ1n) is 6.64. The summed E-state index contributed by atoms with van der Waals surface area (Å²) < 4.78 is 10.9. The van der Waals surface area contributed by atoms with Crippen LogP contribution in [0.4, 0.5) is 0 Å². The first-order valence-corrected chi connectivity index (χ1v) is 6.64. The van der Waals surface area contributed by atoms with Crippen LogP contribution in [0.15, 0.2) is 35.1 Å². The summed E-state index contributed by atoms with van der Waals surface area (Å²) in [6.07, 6.45) is 0.876. The number of methoxy groups -OCH3 is 1.